The van der Waals surface area contributed by atoms with E-state index in [0.717, 1.165) is 0 Å². The third kappa shape index (κ3) is 1.96. The van der Waals surface area contributed by atoms with E-state index in [4.69, 9.17) is 0 Å². The number of hydrogen-bond acceptors (Lipinski definition) is 0. The molecule has 0 aromatic heterocycles. The van der Waals surface area contributed by atoms with Crippen LogP contribution < -0.4 is 0 Å². The second-order valence-electron chi connectivity index (χ2n) is 2.18. The molecule has 0 bridgehead atoms. The van der Waals surface area contributed by atoms with E-state index in [1.807, 2.05) is 6.07 Å². The van der Waals surface area contributed by atoms with Gasteiger partial charge in [0.1, 0.15) is 0 Å². The highest BCUT2D eigenvalue weighted by molar-refractivity contribution is 9.10. The fourth-order valence-corrected chi connectivity index (χ4v) is 1.18. The highest BCUT2D eigenvalue weighted by atomic mass is 79.9. The third-order valence-electron chi connectivity index (χ3n) is 1.54. The van der Waals surface area contributed by atoms with Crippen molar-refractivity contribution in [2.24, 2.45) is 0 Å². The fourth-order valence-electron chi connectivity index (χ4n) is 0.715. The van der Waals surface area contributed by atoms with Crippen LogP contribution >= 0.6 is 15.9 Å². The van der Waals surface area contributed by atoms with Crippen molar-refractivity contribution >= 4 is 26.9 Å². The van der Waals surface area contributed by atoms with Crippen LogP contribution in [-0.2, 0) is 0 Å². The molecule has 0 nitrogen and oxygen atoms in total. The van der Waals surface area contributed by atoms with Gasteiger partial charge in [0.25, 0.3) is 0 Å². The maximum absolute atomic E-state index is 3.45. The largest absolute Gasteiger partial charge is 0.0609 e. The van der Waals surface area contributed by atoms with Crippen LogP contribution in [-0.4, -0.2) is 11.0 Å². The van der Waals surface area contributed by atoms with Gasteiger partial charge in [0, 0.05) is 4.47 Å². The van der Waals surface area contributed by atoms with Crippen LogP contribution in [0.1, 0.15) is 11.1 Å². The zero-order valence-electron chi connectivity index (χ0n) is 5.61. The van der Waals surface area contributed by atoms with Crippen LogP contribution in [0, 0.1) is 13.8 Å². The Morgan fingerprint density at radius 3 is 2.20 bits per heavy atom. The Balaban J connectivity index is 0.000000810. The van der Waals surface area contributed by atoms with E-state index < -0.39 is 0 Å². The minimum atomic E-state index is 0. The van der Waals surface area contributed by atoms with Crippen molar-refractivity contribution in [3.63, 3.8) is 0 Å². The van der Waals surface area contributed by atoms with Crippen LogP contribution in [0.5, 0.6) is 0 Å². The van der Waals surface area contributed by atoms with Crippen molar-refractivity contribution in [1.82, 2.24) is 0 Å². The molecule has 0 aliphatic heterocycles. The first-order chi connectivity index (χ1) is 4.22. The Bertz CT molecular complexity index is 200. The smallest absolute Gasteiger partial charge is 0.0207 e. The van der Waals surface area contributed by atoms with Crippen LogP contribution in [0.2, 0.25) is 0 Å². The van der Waals surface area contributed by atoms with E-state index in [-0.39, 0.29) is 11.0 Å². The maximum atomic E-state index is 3.45. The van der Waals surface area contributed by atoms with Gasteiger partial charge >= 0.3 is 0 Å². The predicted octanol–water partition coefficient (Wildman–Crippen LogP) is 1.61. The number of benzene rings is 1. The molecule has 1 aromatic rings. The van der Waals surface area contributed by atoms with Gasteiger partial charge in [-0.25, -0.2) is 0 Å². The highest BCUT2D eigenvalue weighted by Crippen LogP contribution is 2.17. The molecule has 0 saturated heterocycles. The average Bonchev–Trinajstić information content (AvgIpc) is 1.83. The fraction of sp³-hybridized carbons (Fsp3) is 0.250. The molecule has 0 unspecified atom stereocenters. The summed E-state index contributed by atoms with van der Waals surface area (Å²) in [5.74, 6) is 0. The lowest BCUT2D eigenvalue weighted by molar-refractivity contribution is 1.32. The molecule has 1 aromatic carbocycles. The summed E-state index contributed by atoms with van der Waals surface area (Å²) in [4.78, 5) is 0. The number of aryl methyl sites for hydroxylation is 1. The van der Waals surface area contributed by atoms with Crippen molar-refractivity contribution in [3.05, 3.63) is 33.8 Å². The molecule has 0 atom stereocenters. The number of hydrogen-bond donors (Lipinski definition) is 0. The molecule has 0 spiro atoms. The summed E-state index contributed by atoms with van der Waals surface area (Å²) in [6, 6.07) is 6.22. The van der Waals surface area contributed by atoms with Crippen LogP contribution in [0.4, 0.5) is 0 Å². The zero-order chi connectivity index (χ0) is 6.85. The Labute approximate surface area is 74.8 Å². The van der Waals surface area contributed by atoms with E-state index >= 15 is 0 Å². The first kappa shape index (κ1) is 9.92. The minimum Gasteiger partial charge on any atom is -0.0609 e. The lowest BCUT2D eigenvalue weighted by Gasteiger charge is -1.99. The molecular weight excluding hydrogens is 204 g/mol. The summed E-state index contributed by atoms with van der Waals surface area (Å²) in [5.41, 5.74) is 2.67. The van der Waals surface area contributed by atoms with Gasteiger partial charge < -0.3 is 0 Å². The van der Waals surface area contributed by atoms with Crippen molar-refractivity contribution in [3.8, 4) is 0 Å². The van der Waals surface area contributed by atoms with Gasteiger partial charge in [0.15, 0.2) is 0 Å². The van der Waals surface area contributed by atoms with Gasteiger partial charge in [-0.15, -0.1) is 0 Å². The molecule has 0 amide bonds. The molecule has 0 aliphatic carbocycles. The summed E-state index contributed by atoms with van der Waals surface area (Å²) in [6.45, 7) is 4.22. The molecule has 0 heterocycles. The molecule has 0 N–H and O–H groups in total. The van der Waals surface area contributed by atoms with E-state index in [1.165, 1.54) is 15.6 Å². The highest BCUT2D eigenvalue weighted by Gasteiger charge is 1.93. The second kappa shape index (κ2) is 3.94. The minimum absolute atomic E-state index is 0. The molecule has 10 heavy (non-hydrogen) atoms. The summed E-state index contributed by atoms with van der Waals surface area (Å²) in [6.07, 6.45) is 0. The Hall–Kier alpha value is -0.0831. The summed E-state index contributed by atoms with van der Waals surface area (Å²) in [7, 11) is 0. The van der Waals surface area contributed by atoms with E-state index in [9.17, 15) is 0 Å². The lowest BCUT2D eigenvalue weighted by atomic mass is 10.1. The number of halogens is 1. The monoisotopic (exact) mass is 216 g/mol. The third-order valence-corrected chi connectivity index (χ3v) is 2.40. The Morgan fingerprint density at radius 1 is 1.20 bits per heavy atom. The quantitative estimate of drug-likeness (QED) is 0.579. The first-order valence-electron chi connectivity index (χ1n) is 2.93. The zero-order valence-corrected chi connectivity index (χ0v) is 7.20. The van der Waals surface area contributed by atoms with Gasteiger partial charge in [-0.1, -0.05) is 28.1 Å². The molecule has 1 rings (SSSR count). The Kier molecular flexibility index (Phi) is 3.90. The molecule has 2 heteroatoms. The molecule has 0 fully saturated rings. The van der Waals surface area contributed by atoms with Gasteiger partial charge in [-0.05, 0) is 42.0 Å². The van der Waals surface area contributed by atoms with Gasteiger partial charge in [0.2, 0.25) is 0 Å². The van der Waals surface area contributed by atoms with Crippen LogP contribution in [0.25, 0.3) is 0 Å². The predicted molar refractivity (Wildman–Crippen MR) is 55.0 cm³/mol. The summed E-state index contributed by atoms with van der Waals surface area (Å²) >= 11 is 3.45. The molecular formula is C8H13BrSi. The Morgan fingerprint density at radius 2 is 1.80 bits per heavy atom. The summed E-state index contributed by atoms with van der Waals surface area (Å²) < 4.78 is 1.20. The van der Waals surface area contributed by atoms with E-state index in [0.29, 0.717) is 0 Å². The van der Waals surface area contributed by atoms with E-state index in [2.05, 4.69) is 41.9 Å². The molecule has 56 valence electrons. The van der Waals surface area contributed by atoms with Crippen molar-refractivity contribution in [2.75, 3.05) is 0 Å². The SMILES string of the molecule is Cc1cccc(Br)c1C.[SiH4]. The standard InChI is InChI=1S/C8H9Br.H4Si/c1-6-4-3-5-8(9)7(6)2;/h3-5H,1-2H3;1H4. The van der Waals surface area contributed by atoms with Crippen LogP contribution in [0.3, 0.4) is 0 Å². The second-order valence-corrected chi connectivity index (χ2v) is 3.04. The lowest BCUT2D eigenvalue weighted by Crippen LogP contribution is -1.79. The van der Waals surface area contributed by atoms with Crippen molar-refractivity contribution in [2.45, 2.75) is 13.8 Å². The van der Waals surface area contributed by atoms with Crippen LogP contribution in [0.15, 0.2) is 22.7 Å². The molecule has 0 radical (unpaired) electrons. The van der Waals surface area contributed by atoms with Gasteiger partial charge in [-0.2, -0.15) is 0 Å². The average molecular weight is 217 g/mol. The molecule has 0 saturated carbocycles. The number of rotatable bonds is 0. The van der Waals surface area contributed by atoms with E-state index in [1.54, 1.807) is 0 Å². The topological polar surface area (TPSA) is 0 Å². The van der Waals surface area contributed by atoms with Gasteiger partial charge in [-0.3, -0.25) is 0 Å². The van der Waals surface area contributed by atoms with Crippen molar-refractivity contribution in [1.29, 1.82) is 0 Å². The summed E-state index contributed by atoms with van der Waals surface area (Å²) in [5, 5.41) is 0. The first-order valence-corrected chi connectivity index (χ1v) is 3.73. The normalized spacial score (nSPS) is 8.70. The maximum Gasteiger partial charge on any atom is 0.0207 e. The van der Waals surface area contributed by atoms with Crippen molar-refractivity contribution < 1.29 is 0 Å². The van der Waals surface area contributed by atoms with Gasteiger partial charge in [0.05, 0.1) is 0 Å². The molecule has 0 aliphatic rings.